The Labute approximate surface area is 98.7 Å². The first-order valence-electron chi connectivity index (χ1n) is 6.33. The molecule has 0 aromatic heterocycles. The van der Waals surface area contributed by atoms with Gasteiger partial charge < -0.3 is 10.6 Å². The van der Waals surface area contributed by atoms with Crippen LogP contribution in [0, 0.1) is 5.92 Å². The van der Waals surface area contributed by atoms with Crippen LogP contribution in [0.25, 0.3) is 0 Å². The van der Waals surface area contributed by atoms with Gasteiger partial charge in [-0.25, -0.2) is 0 Å². The predicted octanol–water partition coefficient (Wildman–Crippen LogP) is 2.19. The van der Waals surface area contributed by atoms with Crippen molar-refractivity contribution in [3.05, 3.63) is 11.3 Å². The van der Waals surface area contributed by atoms with E-state index in [9.17, 15) is 4.79 Å². The Kier molecular flexibility index (Phi) is 5.00. The number of hydrogen-bond donors (Lipinski definition) is 2. The van der Waals surface area contributed by atoms with Crippen molar-refractivity contribution in [1.82, 2.24) is 10.6 Å². The Morgan fingerprint density at radius 3 is 2.50 bits per heavy atom. The van der Waals surface area contributed by atoms with Crippen LogP contribution in [0.15, 0.2) is 11.3 Å². The van der Waals surface area contributed by atoms with Gasteiger partial charge in [0.25, 0.3) is 0 Å². The minimum atomic E-state index is -0.0365. The average Bonchev–Trinajstić information content (AvgIpc) is 2.38. The second-order valence-corrected chi connectivity index (χ2v) is 4.84. The number of nitrogens with one attached hydrogen (secondary N) is 2. The van der Waals surface area contributed by atoms with Crippen molar-refractivity contribution in [3.8, 4) is 0 Å². The topological polar surface area (TPSA) is 41.1 Å². The minimum absolute atomic E-state index is 0.0365. The SMILES string of the molecule is CCC1=C(CC)NC(=O)[C@H](CC(C)C)NC1. The zero-order chi connectivity index (χ0) is 12.1. The standard InChI is InChI=1S/C13H24N2O/c1-5-10-8-14-12(7-9(3)4)13(16)15-11(10)6-2/h9,12,14H,5-8H2,1-4H3,(H,15,16)/t12-/m0/s1. The minimum Gasteiger partial charge on any atom is -0.328 e. The fraction of sp³-hybridized carbons (Fsp3) is 0.769. The molecule has 0 aromatic carbocycles. The van der Waals surface area contributed by atoms with E-state index in [0.717, 1.165) is 31.5 Å². The van der Waals surface area contributed by atoms with E-state index in [1.807, 2.05) is 0 Å². The van der Waals surface area contributed by atoms with Gasteiger partial charge in [0.05, 0.1) is 6.04 Å². The predicted molar refractivity (Wildman–Crippen MR) is 67.0 cm³/mol. The van der Waals surface area contributed by atoms with Crippen LogP contribution >= 0.6 is 0 Å². The number of rotatable bonds is 4. The van der Waals surface area contributed by atoms with Crippen LogP contribution < -0.4 is 10.6 Å². The van der Waals surface area contributed by atoms with Gasteiger partial charge >= 0.3 is 0 Å². The van der Waals surface area contributed by atoms with E-state index in [4.69, 9.17) is 0 Å². The van der Waals surface area contributed by atoms with E-state index >= 15 is 0 Å². The third-order valence-corrected chi connectivity index (χ3v) is 3.07. The van der Waals surface area contributed by atoms with Crippen LogP contribution in [0.2, 0.25) is 0 Å². The molecule has 0 aliphatic carbocycles. The lowest BCUT2D eigenvalue weighted by molar-refractivity contribution is -0.122. The van der Waals surface area contributed by atoms with Crippen molar-refractivity contribution < 1.29 is 4.79 Å². The van der Waals surface area contributed by atoms with Gasteiger partial charge in [-0.1, -0.05) is 27.7 Å². The van der Waals surface area contributed by atoms with Crippen molar-refractivity contribution in [2.24, 2.45) is 5.92 Å². The van der Waals surface area contributed by atoms with Crippen molar-refractivity contribution >= 4 is 5.91 Å². The summed E-state index contributed by atoms with van der Waals surface area (Å²) in [6.07, 6.45) is 2.82. The smallest absolute Gasteiger partial charge is 0.241 e. The molecule has 1 heterocycles. The molecule has 16 heavy (non-hydrogen) atoms. The Balaban J connectivity index is 2.73. The molecule has 92 valence electrons. The highest BCUT2D eigenvalue weighted by molar-refractivity contribution is 5.84. The van der Waals surface area contributed by atoms with Crippen LogP contribution in [0.5, 0.6) is 0 Å². The summed E-state index contributed by atoms with van der Waals surface area (Å²) >= 11 is 0. The number of carbonyl (C=O) groups is 1. The maximum atomic E-state index is 12.0. The van der Waals surface area contributed by atoms with Crippen LogP contribution in [-0.4, -0.2) is 18.5 Å². The summed E-state index contributed by atoms with van der Waals surface area (Å²) in [6.45, 7) is 9.37. The maximum absolute atomic E-state index is 12.0. The van der Waals surface area contributed by atoms with E-state index in [-0.39, 0.29) is 11.9 Å². The monoisotopic (exact) mass is 224 g/mol. The second-order valence-electron chi connectivity index (χ2n) is 4.84. The highest BCUT2D eigenvalue weighted by Crippen LogP contribution is 2.15. The van der Waals surface area contributed by atoms with Gasteiger partial charge in [-0.15, -0.1) is 0 Å². The van der Waals surface area contributed by atoms with Gasteiger partial charge in [-0.3, -0.25) is 4.79 Å². The molecule has 2 N–H and O–H groups in total. The molecule has 0 aromatic rings. The molecular weight excluding hydrogens is 200 g/mol. The fourth-order valence-electron chi connectivity index (χ4n) is 2.11. The zero-order valence-electron chi connectivity index (χ0n) is 10.9. The fourth-order valence-corrected chi connectivity index (χ4v) is 2.11. The Bertz CT molecular complexity index is 282. The Morgan fingerprint density at radius 1 is 1.31 bits per heavy atom. The lowest BCUT2D eigenvalue weighted by Crippen LogP contribution is -2.42. The molecule has 1 aliphatic rings. The van der Waals surface area contributed by atoms with E-state index in [0.29, 0.717) is 5.92 Å². The van der Waals surface area contributed by atoms with Gasteiger partial charge in [0.2, 0.25) is 5.91 Å². The van der Waals surface area contributed by atoms with Crippen LogP contribution in [-0.2, 0) is 4.79 Å². The maximum Gasteiger partial charge on any atom is 0.241 e. The largest absolute Gasteiger partial charge is 0.328 e. The molecular formula is C13H24N2O. The Hall–Kier alpha value is -0.830. The highest BCUT2D eigenvalue weighted by atomic mass is 16.2. The van der Waals surface area contributed by atoms with Gasteiger partial charge in [0.1, 0.15) is 0 Å². The Morgan fingerprint density at radius 2 is 2.00 bits per heavy atom. The summed E-state index contributed by atoms with van der Waals surface area (Å²) in [5.41, 5.74) is 2.45. The van der Waals surface area contributed by atoms with Crippen LogP contribution in [0.3, 0.4) is 0 Å². The summed E-state index contributed by atoms with van der Waals surface area (Å²) in [7, 11) is 0. The van der Waals surface area contributed by atoms with Crippen molar-refractivity contribution in [3.63, 3.8) is 0 Å². The lowest BCUT2D eigenvalue weighted by atomic mass is 10.0. The summed E-state index contributed by atoms with van der Waals surface area (Å²) in [4.78, 5) is 12.0. The van der Waals surface area contributed by atoms with Crippen molar-refractivity contribution in [1.29, 1.82) is 0 Å². The molecule has 1 amide bonds. The molecule has 0 spiro atoms. The van der Waals surface area contributed by atoms with Gasteiger partial charge in [0, 0.05) is 12.2 Å². The third-order valence-electron chi connectivity index (χ3n) is 3.07. The molecule has 1 atom stereocenters. The third kappa shape index (κ3) is 3.34. The molecule has 3 heteroatoms. The molecule has 0 radical (unpaired) electrons. The molecule has 0 fully saturated rings. The number of allylic oxidation sites excluding steroid dienone is 1. The summed E-state index contributed by atoms with van der Waals surface area (Å²) in [6, 6.07) is -0.0365. The van der Waals surface area contributed by atoms with Gasteiger partial charge in [0.15, 0.2) is 0 Å². The van der Waals surface area contributed by atoms with E-state index in [1.54, 1.807) is 0 Å². The summed E-state index contributed by atoms with van der Waals surface area (Å²) < 4.78 is 0. The van der Waals surface area contributed by atoms with Crippen molar-refractivity contribution in [2.75, 3.05) is 6.54 Å². The number of hydrogen-bond acceptors (Lipinski definition) is 2. The van der Waals surface area contributed by atoms with E-state index < -0.39 is 0 Å². The molecule has 0 unspecified atom stereocenters. The highest BCUT2D eigenvalue weighted by Gasteiger charge is 2.23. The van der Waals surface area contributed by atoms with Crippen molar-refractivity contribution in [2.45, 2.75) is 53.0 Å². The van der Waals surface area contributed by atoms with E-state index in [2.05, 4.69) is 38.3 Å². The molecule has 3 nitrogen and oxygen atoms in total. The molecule has 1 aliphatic heterocycles. The van der Waals surface area contributed by atoms with Gasteiger partial charge in [-0.05, 0) is 30.8 Å². The first kappa shape index (κ1) is 13.2. The molecule has 0 saturated carbocycles. The molecule has 0 bridgehead atoms. The molecule has 0 saturated heterocycles. The number of amides is 1. The summed E-state index contributed by atoms with van der Waals surface area (Å²) in [5, 5.41) is 6.42. The van der Waals surface area contributed by atoms with Crippen LogP contribution in [0.4, 0.5) is 0 Å². The lowest BCUT2D eigenvalue weighted by Gasteiger charge is -2.17. The first-order valence-corrected chi connectivity index (χ1v) is 6.33. The average molecular weight is 224 g/mol. The van der Waals surface area contributed by atoms with E-state index in [1.165, 1.54) is 5.57 Å². The first-order chi connectivity index (χ1) is 7.58. The zero-order valence-corrected chi connectivity index (χ0v) is 10.9. The quantitative estimate of drug-likeness (QED) is 0.768. The number of carbonyl (C=O) groups excluding carboxylic acids is 1. The molecule has 1 rings (SSSR count). The second kappa shape index (κ2) is 6.04. The normalized spacial score (nSPS) is 22.3. The van der Waals surface area contributed by atoms with Gasteiger partial charge in [-0.2, -0.15) is 0 Å². The summed E-state index contributed by atoms with van der Waals surface area (Å²) in [5.74, 6) is 0.672. The van der Waals surface area contributed by atoms with Crippen LogP contribution in [0.1, 0.15) is 47.0 Å².